The van der Waals surface area contributed by atoms with Crippen LogP contribution in [0.3, 0.4) is 0 Å². The van der Waals surface area contributed by atoms with Gasteiger partial charge in [-0.1, -0.05) is 18.2 Å². The van der Waals surface area contributed by atoms with Crippen LogP contribution in [0.25, 0.3) is 6.08 Å². The van der Waals surface area contributed by atoms with E-state index in [0.29, 0.717) is 22.8 Å². The van der Waals surface area contributed by atoms with E-state index in [-0.39, 0.29) is 23.4 Å². The maximum Gasteiger partial charge on any atom is 0.314 e. The number of esters is 1. The van der Waals surface area contributed by atoms with Crippen molar-refractivity contribution in [1.82, 2.24) is 0 Å². The zero-order chi connectivity index (χ0) is 18.3. The molecule has 1 heterocycles. The number of carbonyl (C=O) groups excluding carboxylic acids is 2. The minimum absolute atomic E-state index is 0.00659. The quantitative estimate of drug-likeness (QED) is 0.475. The molecular formula is C21H18O5. The second kappa shape index (κ2) is 6.33. The largest absolute Gasteiger partial charge is 0.496 e. The lowest BCUT2D eigenvalue weighted by molar-refractivity contribution is -0.135. The first-order valence-corrected chi connectivity index (χ1v) is 8.50. The van der Waals surface area contributed by atoms with Crippen molar-refractivity contribution in [3.8, 4) is 17.2 Å². The molecule has 0 saturated heterocycles. The maximum atomic E-state index is 12.7. The van der Waals surface area contributed by atoms with Crippen molar-refractivity contribution < 1.29 is 23.8 Å². The highest BCUT2D eigenvalue weighted by molar-refractivity contribution is 6.15. The van der Waals surface area contributed by atoms with Gasteiger partial charge in [0.25, 0.3) is 0 Å². The van der Waals surface area contributed by atoms with E-state index in [9.17, 15) is 9.59 Å². The first kappa shape index (κ1) is 16.4. The molecule has 0 radical (unpaired) electrons. The van der Waals surface area contributed by atoms with Crippen molar-refractivity contribution in [3.05, 3.63) is 58.8 Å². The van der Waals surface area contributed by atoms with Gasteiger partial charge in [-0.05, 0) is 43.5 Å². The third-order valence-electron chi connectivity index (χ3n) is 4.50. The van der Waals surface area contributed by atoms with Crippen molar-refractivity contribution in [3.63, 3.8) is 0 Å². The van der Waals surface area contributed by atoms with Gasteiger partial charge in [-0.15, -0.1) is 0 Å². The highest BCUT2D eigenvalue weighted by atomic mass is 16.5. The van der Waals surface area contributed by atoms with Crippen LogP contribution in [0.5, 0.6) is 17.2 Å². The number of benzene rings is 2. The number of carbonyl (C=O) groups is 2. The highest BCUT2D eigenvalue weighted by Crippen LogP contribution is 2.39. The van der Waals surface area contributed by atoms with E-state index in [1.165, 1.54) is 0 Å². The molecule has 0 amide bonds. The van der Waals surface area contributed by atoms with Crippen molar-refractivity contribution in [2.45, 2.75) is 19.8 Å². The van der Waals surface area contributed by atoms with Gasteiger partial charge in [0.15, 0.2) is 5.76 Å². The van der Waals surface area contributed by atoms with E-state index >= 15 is 0 Å². The molecule has 0 aromatic heterocycles. The summed E-state index contributed by atoms with van der Waals surface area (Å²) in [5, 5.41) is 0. The molecule has 5 heteroatoms. The number of Topliss-reactive ketones (excluding diaryl/α,β-unsaturated/α-hetero) is 1. The Hall–Kier alpha value is -3.08. The van der Waals surface area contributed by atoms with Gasteiger partial charge in [0, 0.05) is 11.6 Å². The summed E-state index contributed by atoms with van der Waals surface area (Å²) in [6.07, 6.45) is 3.42. The van der Waals surface area contributed by atoms with E-state index in [2.05, 4.69) is 0 Å². The molecule has 1 aliphatic carbocycles. The van der Waals surface area contributed by atoms with E-state index in [0.717, 1.165) is 24.0 Å². The smallest absolute Gasteiger partial charge is 0.314 e. The van der Waals surface area contributed by atoms with Gasteiger partial charge >= 0.3 is 5.97 Å². The second-order valence-corrected chi connectivity index (χ2v) is 6.49. The Labute approximate surface area is 151 Å². The molecule has 2 aromatic carbocycles. The lowest BCUT2D eigenvalue weighted by Crippen LogP contribution is -2.10. The van der Waals surface area contributed by atoms with Gasteiger partial charge in [0.05, 0.1) is 18.6 Å². The second-order valence-electron chi connectivity index (χ2n) is 6.49. The number of hydrogen-bond donors (Lipinski definition) is 0. The molecule has 1 saturated carbocycles. The van der Waals surface area contributed by atoms with Crippen LogP contribution in [0.2, 0.25) is 0 Å². The van der Waals surface area contributed by atoms with Gasteiger partial charge in [0.2, 0.25) is 5.78 Å². The number of para-hydroxylation sites is 1. The van der Waals surface area contributed by atoms with Crippen LogP contribution in [-0.4, -0.2) is 18.9 Å². The van der Waals surface area contributed by atoms with Gasteiger partial charge in [-0.25, -0.2) is 0 Å². The van der Waals surface area contributed by atoms with E-state index < -0.39 is 0 Å². The zero-order valence-corrected chi connectivity index (χ0v) is 14.6. The number of hydrogen-bond acceptors (Lipinski definition) is 5. The van der Waals surface area contributed by atoms with Crippen LogP contribution in [-0.2, 0) is 4.79 Å². The Morgan fingerprint density at radius 1 is 1.23 bits per heavy atom. The van der Waals surface area contributed by atoms with Crippen molar-refractivity contribution in [1.29, 1.82) is 0 Å². The summed E-state index contributed by atoms with van der Waals surface area (Å²) in [4.78, 5) is 24.6. The zero-order valence-electron chi connectivity index (χ0n) is 14.6. The fraction of sp³-hybridized carbons (Fsp3) is 0.238. The average molecular weight is 350 g/mol. The van der Waals surface area contributed by atoms with Crippen molar-refractivity contribution in [2.24, 2.45) is 5.92 Å². The van der Waals surface area contributed by atoms with Crippen LogP contribution in [0.15, 0.2) is 42.2 Å². The minimum atomic E-state index is -0.224. The Morgan fingerprint density at radius 2 is 2.00 bits per heavy atom. The topological polar surface area (TPSA) is 61.8 Å². The number of methoxy groups -OCH3 is 1. The highest BCUT2D eigenvalue weighted by Gasteiger charge is 2.33. The molecular weight excluding hydrogens is 332 g/mol. The molecule has 2 aromatic rings. The van der Waals surface area contributed by atoms with Gasteiger partial charge in [-0.2, -0.15) is 0 Å². The monoisotopic (exact) mass is 350 g/mol. The number of ketones is 1. The number of allylic oxidation sites excluding steroid dienone is 1. The number of ether oxygens (including phenoxy) is 3. The Bertz CT molecular complexity index is 937. The SMILES string of the molecule is COc1ccccc1/C=C1\Oc2cc(OC(=O)C3CC3)cc(C)c2C1=O. The van der Waals surface area contributed by atoms with E-state index in [1.54, 1.807) is 32.2 Å². The van der Waals surface area contributed by atoms with Gasteiger partial charge < -0.3 is 14.2 Å². The van der Waals surface area contributed by atoms with E-state index in [4.69, 9.17) is 14.2 Å². The number of fused-ring (bicyclic) bond motifs is 1. The normalized spacial score (nSPS) is 17.0. The Balaban J connectivity index is 1.65. The Morgan fingerprint density at radius 3 is 2.73 bits per heavy atom. The van der Waals surface area contributed by atoms with Crippen LogP contribution >= 0.6 is 0 Å². The minimum Gasteiger partial charge on any atom is -0.496 e. The summed E-state index contributed by atoms with van der Waals surface area (Å²) < 4.78 is 16.5. The molecule has 4 rings (SSSR count). The summed E-state index contributed by atoms with van der Waals surface area (Å²) in [7, 11) is 1.58. The molecule has 0 unspecified atom stereocenters. The van der Waals surface area contributed by atoms with E-state index in [1.807, 2.05) is 24.3 Å². The molecule has 2 aliphatic rings. The van der Waals surface area contributed by atoms with Crippen molar-refractivity contribution in [2.75, 3.05) is 7.11 Å². The maximum absolute atomic E-state index is 12.7. The summed E-state index contributed by atoms with van der Waals surface area (Å²) in [6.45, 7) is 1.81. The predicted octanol–water partition coefficient (Wildman–Crippen LogP) is 3.94. The molecule has 0 bridgehead atoms. The summed E-state index contributed by atoms with van der Waals surface area (Å²) in [6, 6.07) is 10.7. The summed E-state index contributed by atoms with van der Waals surface area (Å²) in [5.41, 5.74) is 1.97. The molecule has 5 nitrogen and oxygen atoms in total. The molecule has 132 valence electrons. The van der Waals surface area contributed by atoms with Crippen LogP contribution in [0, 0.1) is 12.8 Å². The first-order chi connectivity index (χ1) is 12.6. The standard InChI is InChI=1S/C21H18O5/c1-12-9-15(25-21(23)13-7-8-13)11-17-19(12)20(22)18(26-17)10-14-5-3-4-6-16(14)24-2/h3-6,9-11,13H,7-8H2,1-2H3/b18-10-. The first-order valence-electron chi connectivity index (χ1n) is 8.50. The third kappa shape index (κ3) is 2.96. The van der Waals surface area contributed by atoms with Gasteiger partial charge in [0.1, 0.15) is 17.2 Å². The number of rotatable bonds is 4. The fourth-order valence-electron chi connectivity index (χ4n) is 2.98. The summed E-state index contributed by atoms with van der Waals surface area (Å²) >= 11 is 0. The van der Waals surface area contributed by atoms with Crippen molar-refractivity contribution >= 4 is 17.8 Å². The Kier molecular flexibility index (Phi) is 3.99. The predicted molar refractivity (Wildman–Crippen MR) is 95.5 cm³/mol. The third-order valence-corrected chi connectivity index (χ3v) is 4.50. The molecule has 1 aliphatic heterocycles. The lowest BCUT2D eigenvalue weighted by Gasteiger charge is -2.07. The van der Waals surface area contributed by atoms with Gasteiger partial charge in [-0.3, -0.25) is 9.59 Å². The average Bonchev–Trinajstić information content (AvgIpc) is 3.42. The molecule has 0 atom stereocenters. The molecule has 0 spiro atoms. The van der Waals surface area contributed by atoms with Crippen LogP contribution < -0.4 is 14.2 Å². The lowest BCUT2D eigenvalue weighted by atomic mass is 10.0. The molecule has 0 N–H and O–H groups in total. The molecule has 1 fully saturated rings. The summed E-state index contributed by atoms with van der Waals surface area (Å²) in [5.74, 6) is 1.29. The number of aryl methyl sites for hydroxylation is 1. The van der Waals surface area contributed by atoms with Crippen LogP contribution in [0.1, 0.15) is 34.3 Å². The molecule has 26 heavy (non-hydrogen) atoms. The fourth-order valence-corrected chi connectivity index (χ4v) is 2.98. The van der Waals surface area contributed by atoms with Crippen LogP contribution in [0.4, 0.5) is 0 Å².